The number of alkyl halides is 2. The number of nitrogens with zero attached hydrogens (tertiary/aromatic N) is 3. The van der Waals surface area contributed by atoms with Crippen LogP contribution in [0.5, 0.6) is 0 Å². The van der Waals surface area contributed by atoms with Crippen LogP contribution < -0.4 is 0 Å². The summed E-state index contributed by atoms with van der Waals surface area (Å²) in [4.78, 5) is 55.3. The van der Waals surface area contributed by atoms with Crippen LogP contribution >= 0.6 is 0 Å². The third kappa shape index (κ3) is 6.32. The van der Waals surface area contributed by atoms with Gasteiger partial charge in [-0.05, 0) is 43.2 Å². The molecule has 2 saturated heterocycles. The fourth-order valence-corrected chi connectivity index (χ4v) is 5.57. The zero-order valence-corrected chi connectivity index (χ0v) is 23.8. The van der Waals surface area contributed by atoms with E-state index in [4.69, 9.17) is 14.2 Å². The van der Waals surface area contributed by atoms with Crippen molar-refractivity contribution in [3.05, 3.63) is 95.1 Å². The molecule has 0 radical (unpaired) electrons. The maximum atomic E-state index is 14.7. The molecular formula is C32H29F2N3O7. The fraction of sp³-hybridized carbons (Fsp3) is 0.344. The van der Waals surface area contributed by atoms with E-state index in [0.29, 0.717) is 12.8 Å². The molecule has 0 saturated carbocycles. The van der Waals surface area contributed by atoms with E-state index in [1.807, 2.05) is 6.07 Å². The van der Waals surface area contributed by atoms with Gasteiger partial charge in [-0.3, -0.25) is 9.59 Å². The number of rotatable bonds is 7. The molecule has 2 heterocycles. The van der Waals surface area contributed by atoms with Crippen molar-refractivity contribution < 1.29 is 42.2 Å². The van der Waals surface area contributed by atoms with Crippen molar-refractivity contribution in [1.29, 1.82) is 5.26 Å². The van der Waals surface area contributed by atoms with Gasteiger partial charge in [-0.2, -0.15) is 5.26 Å². The normalized spacial score (nSPS) is 22.6. The molecule has 5 rings (SSSR count). The summed E-state index contributed by atoms with van der Waals surface area (Å²) < 4.78 is 46.1. The zero-order valence-electron chi connectivity index (χ0n) is 23.8. The zero-order chi connectivity index (χ0) is 31.4. The first-order chi connectivity index (χ1) is 21.1. The summed E-state index contributed by atoms with van der Waals surface area (Å²) in [5.41, 5.74) is 0.369. The van der Waals surface area contributed by atoms with Gasteiger partial charge in [-0.25, -0.2) is 18.4 Å². The molecule has 2 aromatic carbocycles. The quantitative estimate of drug-likeness (QED) is 0.430. The van der Waals surface area contributed by atoms with E-state index in [2.05, 4.69) is 0 Å². The molecule has 0 aromatic heterocycles. The second-order valence-electron chi connectivity index (χ2n) is 10.7. The highest BCUT2D eigenvalue weighted by Gasteiger charge is 2.53. The van der Waals surface area contributed by atoms with Crippen LogP contribution in [0.2, 0.25) is 0 Å². The smallest absolute Gasteiger partial charge is 0.343 e. The van der Waals surface area contributed by atoms with Crippen molar-refractivity contribution in [3.63, 3.8) is 0 Å². The number of hydrogen-bond acceptors (Lipinski definition) is 8. The third-order valence-corrected chi connectivity index (χ3v) is 7.72. The number of halogens is 2. The molecule has 2 aliphatic heterocycles. The van der Waals surface area contributed by atoms with Gasteiger partial charge in [0.25, 0.3) is 5.92 Å². The lowest BCUT2D eigenvalue weighted by Gasteiger charge is -2.32. The van der Waals surface area contributed by atoms with Gasteiger partial charge in [0, 0.05) is 19.4 Å². The number of amides is 2. The summed E-state index contributed by atoms with van der Waals surface area (Å²) in [7, 11) is 1.25. The van der Waals surface area contributed by atoms with Crippen LogP contribution in [0.15, 0.2) is 84.0 Å². The van der Waals surface area contributed by atoms with Gasteiger partial charge in [-0.1, -0.05) is 36.4 Å². The highest BCUT2D eigenvalue weighted by Crippen LogP contribution is 2.38. The number of hydrogen-bond donors (Lipinski definition) is 0. The molecule has 0 spiro atoms. The molecule has 44 heavy (non-hydrogen) atoms. The Bertz CT molecular complexity index is 1550. The third-order valence-electron chi connectivity index (χ3n) is 7.72. The van der Waals surface area contributed by atoms with Crippen molar-refractivity contribution in [3.8, 4) is 6.07 Å². The molecule has 1 aliphatic carbocycles. The summed E-state index contributed by atoms with van der Waals surface area (Å²) in [6.45, 7) is -0.768. The molecule has 3 aliphatic rings. The molecule has 2 aromatic rings. The predicted octanol–water partition coefficient (Wildman–Crippen LogP) is 4.21. The van der Waals surface area contributed by atoms with E-state index in [0.717, 1.165) is 4.90 Å². The first-order valence-electron chi connectivity index (χ1n) is 14.0. The lowest BCUT2D eigenvalue weighted by molar-refractivity contribution is -0.145. The Balaban J connectivity index is 1.46. The molecule has 12 heteroatoms. The van der Waals surface area contributed by atoms with Gasteiger partial charge in [0.1, 0.15) is 12.1 Å². The first-order valence-corrected chi connectivity index (χ1v) is 14.0. The number of esters is 2. The first kappa shape index (κ1) is 30.4. The van der Waals surface area contributed by atoms with Gasteiger partial charge >= 0.3 is 11.9 Å². The number of methoxy groups -OCH3 is 1. The van der Waals surface area contributed by atoms with Gasteiger partial charge in [-0.15, -0.1) is 0 Å². The molecule has 3 atom stereocenters. The maximum Gasteiger partial charge on any atom is 0.343 e. The highest BCUT2D eigenvalue weighted by molar-refractivity contribution is 5.93. The minimum absolute atomic E-state index is 0.132. The van der Waals surface area contributed by atoms with Crippen molar-refractivity contribution in [2.75, 3.05) is 20.2 Å². The molecule has 228 valence electrons. The van der Waals surface area contributed by atoms with Crippen molar-refractivity contribution in [1.82, 2.24) is 9.80 Å². The number of allylic oxidation sites excluding steroid dienone is 1. The average Bonchev–Trinajstić information content (AvgIpc) is 3.65. The van der Waals surface area contributed by atoms with E-state index in [1.54, 1.807) is 36.4 Å². The van der Waals surface area contributed by atoms with Crippen LogP contribution in [0.1, 0.15) is 46.4 Å². The highest BCUT2D eigenvalue weighted by atomic mass is 19.3. The minimum atomic E-state index is -3.34. The second kappa shape index (κ2) is 12.7. The van der Waals surface area contributed by atoms with Gasteiger partial charge in [0.05, 0.1) is 36.8 Å². The number of carbonyl (C=O) groups excluding carboxylic acids is 4. The van der Waals surface area contributed by atoms with Crippen LogP contribution in [0, 0.1) is 17.2 Å². The molecule has 10 nitrogen and oxygen atoms in total. The monoisotopic (exact) mass is 605 g/mol. The summed E-state index contributed by atoms with van der Waals surface area (Å²) in [5.74, 6) is -8.29. The van der Waals surface area contributed by atoms with E-state index in [-0.39, 0.29) is 41.4 Å². The number of benzene rings is 2. The molecule has 2 fully saturated rings. The van der Waals surface area contributed by atoms with Crippen LogP contribution in [-0.4, -0.2) is 71.8 Å². The topological polar surface area (TPSA) is 126 Å². The summed E-state index contributed by atoms with van der Waals surface area (Å²) >= 11 is 0. The van der Waals surface area contributed by atoms with Crippen molar-refractivity contribution in [2.45, 2.75) is 43.7 Å². The lowest BCUT2D eigenvalue weighted by atomic mass is 9.95. The van der Waals surface area contributed by atoms with Crippen LogP contribution in [0.4, 0.5) is 8.78 Å². The van der Waals surface area contributed by atoms with E-state index in [9.17, 15) is 33.2 Å². The summed E-state index contributed by atoms with van der Waals surface area (Å²) in [6.07, 6.45) is 1.03. The Labute approximate surface area is 252 Å². The standard InChI is InChI=1S/C32H29F2N3O7/c1-42-25-15-22(28(38)37-19-32(33,34)17-24(37)29(39)36-14-8-13-23(36)18-35)16-26(43-30(40)20-9-4-2-5-10-20)27(25)44-31(41)21-11-6-3-7-12-21/h2-7,9-12,15,22-24H,8,13-14,16-17,19H2,1H3/t22?,23-,24-/m0/s1. The van der Waals surface area contributed by atoms with E-state index < -0.39 is 60.6 Å². The van der Waals surface area contributed by atoms with Gasteiger partial charge in [0.15, 0.2) is 11.5 Å². The molecule has 2 amide bonds. The Morgan fingerprint density at radius 1 is 0.909 bits per heavy atom. The van der Waals surface area contributed by atoms with Crippen molar-refractivity contribution >= 4 is 23.8 Å². The average molecular weight is 606 g/mol. The number of carbonyl (C=O) groups is 4. The maximum absolute atomic E-state index is 14.7. The van der Waals surface area contributed by atoms with E-state index in [1.165, 1.54) is 42.4 Å². The SMILES string of the molecule is COC1=CC(C(=O)N2CC(F)(F)C[C@H]2C(=O)N2CCC[C@H]2C#N)CC(OC(=O)c2ccccc2)=C1OC(=O)c1ccccc1. The summed E-state index contributed by atoms with van der Waals surface area (Å²) in [6, 6.07) is 15.8. The van der Waals surface area contributed by atoms with Crippen molar-refractivity contribution in [2.24, 2.45) is 5.92 Å². The van der Waals surface area contributed by atoms with Crippen LogP contribution in [0.25, 0.3) is 0 Å². The van der Waals surface area contributed by atoms with Gasteiger partial charge < -0.3 is 24.0 Å². The number of likely N-dealkylation sites (tertiary alicyclic amines) is 2. The fourth-order valence-electron chi connectivity index (χ4n) is 5.57. The Morgan fingerprint density at radius 3 is 2.11 bits per heavy atom. The predicted molar refractivity (Wildman–Crippen MR) is 149 cm³/mol. The lowest BCUT2D eigenvalue weighted by Crippen LogP contribution is -2.50. The summed E-state index contributed by atoms with van der Waals surface area (Å²) in [5, 5.41) is 9.43. The molecule has 0 N–H and O–H groups in total. The molecular weight excluding hydrogens is 576 g/mol. The Hall–Kier alpha value is -5.05. The Morgan fingerprint density at radius 2 is 1.52 bits per heavy atom. The van der Waals surface area contributed by atoms with Crippen LogP contribution in [-0.2, 0) is 23.8 Å². The molecule has 1 unspecified atom stereocenters. The second-order valence-corrected chi connectivity index (χ2v) is 10.7. The number of nitriles is 1. The van der Waals surface area contributed by atoms with Crippen LogP contribution in [0.3, 0.4) is 0 Å². The molecule has 0 bridgehead atoms. The minimum Gasteiger partial charge on any atom is -0.493 e. The number of ether oxygens (including phenoxy) is 3. The van der Waals surface area contributed by atoms with Gasteiger partial charge in [0.2, 0.25) is 17.6 Å². The largest absolute Gasteiger partial charge is 0.493 e. The Kier molecular flexibility index (Phi) is 8.76. The van der Waals surface area contributed by atoms with E-state index >= 15 is 0 Å².